The van der Waals surface area contributed by atoms with Crippen molar-refractivity contribution in [1.82, 2.24) is 19.8 Å². The highest BCUT2D eigenvalue weighted by Crippen LogP contribution is 2.38. The van der Waals surface area contributed by atoms with Gasteiger partial charge in [0.25, 0.3) is 5.91 Å². The quantitative estimate of drug-likeness (QED) is 0.336. The van der Waals surface area contributed by atoms with E-state index in [-0.39, 0.29) is 59.7 Å². The van der Waals surface area contributed by atoms with Crippen molar-refractivity contribution in [2.24, 2.45) is 5.92 Å². The molecule has 1 saturated heterocycles. The largest absolute Gasteiger partial charge is 0.477 e. The van der Waals surface area contributed by atoms with Gasteiger partial charge in [0.05, 0.1) is 23.4 Å². The summed E-state index contributed by atoms with van der Waals surface area (Å²) < 4.78 is 87.6. The number of aryl methyl sites for hydroxylation is 1. The van der Waals surface area contributed by atoms with Crippen LogP contribution in [0.3, 0.4) is 0 Å². The number of hydrogen-bond donors (Lipinski definition) is 0. The smallest absolute Gasteiger partial charge is 0.416 e. The topological polar surface area (TPSA) is 78.9 Å². The molecule has 14 heteroatoms. The van der Waals surface area contributed by atoms with Crippen LogP contribution < -0.4 is 9.64 Å². The van der Waals surface area contributed by atoms with E-state index in [1.807, 2.05) is 24.0 Å². The van der Waals surface area contributed by atoms with E-state index in [0.717, 1.165) is 5.56 Å². The fraction of sp³-hybridized carbons (Fsp3) is 0.419. The normalized spacial score (nSPS) is 17.8. The average molecular weight is 636 g/mol. The SMILES string of the molecule is CC(=O)N1CCN(c2nc3c(c(-c4ccccc4C)n2)C(=O)N(Cc2cc(C(F)(F)F)cc(C(F)(F)F)c2)C[C@H](C)CO3)CC1. The highest BCUT2D eigenvalue weighted by molar-refractivity contribution is 6.02. The molecule has 0 unspecified atom stereocenters. The van der Waals surface area contributed by atoms with Gasteiger partial charge in [0.15, 0.2) is 0 Å². The highest BCUT2D eigenvalue weighted by Gasteiger charge is 2.38. The molecule has 1 aromatic heterocycles. The van der Waals surface area contributed by atoms with Crippen molar-refractivity contribution < 1.29 is 40.7 Å². The molecule has 3 heterocycles. The van der Waals surface area contributed by atoms with Crippen LogP contribution in [0.4, 0.5) is 32.3 Å². The van der Waals surface area contributed by atoms with E-state index >= 15 is 0 Å². The molecular formula is C31H31F6N5O3. The molecule has 2 aliphatic heterocycles. The number of benzene rings is 2. The van der Waals surface area contributed by atoms with Gasteiger partial charge < -0.3 is 19.4 Å². The lowest BCUT2D eigenvalue weighted by Crippen LogP contribution is -2.48. The Balaban J connectivity index is 1.61. The molecule has 45 heavy (non-hydrogen) atoms. The summed E-state index contributed by atoms with van der Waals surface area (Å²) in [6.45, 7) is 6.37. The number of amides is 2. The van der Waals surface area contributed by atoms with Crippen LogP contribution in [0.1, 0.15) is 46.5 Å². The van der Waals surface area contributed by atoms with Crippen LogP contribution in [0.15, 0.2) is 42.5 Å². The number of aromatic nitrogens is 2. The van der Waals surface area contributed by atoms with Gasteiger partial charge in [-0.15, -0.1) is 0 Å². The van der Waals surface area contributed by atoms with Crippen LogP contribution >= 0.6 is 0 Å². The Kier molecular flexibility index (Phi) is 8.69. The highest BCUT2D eigenvalue weighted by atomic mass is 19.4. The summed E-state index contributed by atoms with van der Waals surface area (Å²) in [6, 6.07) is 8.48. The molecule has 0 N–H and O–H groups in total. The Morgan fingerprint density at radius 2 is 1.58 bits per heavy atom. The number of carbonyl (C=O) groups excluding carboxylic acids is 2. The number of carbonyl (C=O) groups is 2. The molecule has 0 spiro atoms. The zero-order chi connectivity index (χ0) is 32.7. The van der Waals surface area contributed by atoms with Gasteiger partial charge in [-0.05, 0) is 36.2 Å². The van der Waals surface area contributed by atoms with Gasteiger partial charge >= 0.3 is 12.4 Å². The molecule has 0 bridgehead atoms. The van der Waals surface area contributed by atoms with Crippen molar-refractivity contribution in [3.63, 3.8) is 0 Å². The molecule has 1 atom stereocenters. The van der Waals surface area contributed by atoms with Gasteiger partial charge in [0.2, 0.25) is 17.7 Å². The second-order valence-electron chi connectivity index (χ2n) is 11.4. The molecule has 240 valence electrons. The molecule has 2 aliphatic rings. The Morgan fingerprint density at radius 3 is 2.16 bits per heavy atom. The molecule has 2 amide bonds. The summed E-state index contributed by atoms with van der Waals surface area (Å²) >= 11 is 0. The number of ether oxygens (including phenoxy) is 1. The lowest BCUT2D eigenvalue weighted by Gasteiger charge is -2.35. The molecule has 2 aromatic carbocycles. The predicted octanol–water partition coefficient (Wildman–Crippen LogP) is 5.83. The number of piperazine rings is 1. The summed E-state index contributed by atoms with van der Waals surface area (Å²) in [5, 5.41) is 0. The Morgan fingerprint density at radius 1 is 0.956 bits per heavy atom. The zero-order valence-corrected chi connectivity index (χ0v) is 24.8. The average Bonchev–Trinajstić information content (AvgIpc) is 2.97. The monoisotopic (exact) mass is 635 g/mol. The van der Waals surface area contributed by atoms with Crippen molar-refractivity contribution in [3.8, 4) is 17.1 Å². The number of anilines is 1. The van der Waals surface area contributed by atoms with Gasteiger partial charge in [-0.1, -0.05) is 31.2 Å². The van der Waals surface area contributed by atoms with E-state index in [4.69, 9.17) is 9.72 Å². The van der Waals surface area contributed by atoms with Crippen molar-refractivity contribution in [3.05, 3.63) is 70.3 Å². The first-order chi connectivity index (χ1) is 21.1. The van der Waals surface area contributed by atoms with Crippen LogP contribution in [-0.4, -0.2) is 70.9 Å². The van der Waals surface area contributed by atoms with Crippen LogP contribution in [0.5, 0.6) is 5.88 Å². The van der Waals surface area contributed by atoms with Crippen molar-refractivity contribution >= 4 is 17.8 Å². The van der Waals surface area contributed by atoms with Crippen molar-refractivity contribution in [1.29, 1.82) is 0 Å². The lowest BCUT2D eigenvalue weighted by molar-refractivity contribution is -0.143. The minimum absolute atomic E-state index is 0.00214. The molecule has 0 radical (unpaired) electrons. The van der Waals surface area contributed by atoms with Gasteiger partial charge in [0.1, 0.15) is 5.56 Å². The number of alkyl halides is 6. The zero-order valence-electron chi connectivity index (χ0n) is 24.8. The maximum atomic E-state index is 14.3. The first kappa shape index (κ1) is 32.0. The second-order valence-corrected chi connectivity index (χ2v) is 11.4. The van der Waals surface area contributed by atoms with E-state index in [2.05, 4.69) is 4.98 Å². The van der Waals surface area contributed by atoms with Crippen LogP contribution in [0.25, 0.3) is 11.3 Å². The van der Waals surface area contributed by atoms with Crippen molar-refractivity contribution in [2.45, 2.75) is 39.7 Å². The third-order valence-corrected chi connectivity index (χ3v) is 7.83. The number of halogens is 6. The first-order valence-corrected chi connectivity index (χ1v) is 14.3. The number of nitrogens with zero attached hydrogens (tertiary/aromatic N) is 5. The summed E-state index contributed by atoms with van der Waals surface area (Å²) in [4.78, 5) is 40.3. The molecule has 1 fully saturated rings. The summed E-state index contributed by atoms with van der Waals surface area (Å²) in [5.74, 6) is -0.840. The maximum absolute atomic E-state index is 14.3. The number of fused-ring (bicyclic) bond motifs is 1. The molecule has 5 rings (SSSR count). The fourth-order valence-electron chi connectivity index (χ4n) is 5.48. The summed E-state index contributed by atoms with van der Waals surface area (Å²) in [6.07, 6.45) is -10.1. The first-order valence-electron chi connectivity index (χ1n) is 14.3. The van der Waals surface area contributed by atoms with E-state index in [1.165, 1.54) is 11.8 Å². The number of rotatable bonds is 4. The molecule has 8 nitrogen and oxygen atoms in total. The van der Waals surface area contributed by atoms with Crippen molar-refractivity contribution in [2.75, 3.05) is 44.2 Å². The molecule has 3 aromatic rings. The minimum Gasteiger partial charge on any atom is -0.477 e. The Bertz CT molecular complexity index is 1570. The molecule has 0 saturated carbocycles. The predicted molar refractivity (Wildman–Crippen MR) is 153 cm³/mol. The maximum Gasteiger partial charge on any atom is 0.416 e. The van der Waals surface area contributed by atoms with Gasteiger partial charge in [-0.2, -0.15) is 31.3 Å². The second kappa shape index (κ2) is 12.2. The minimum atomic E-state index is -5.03. The third kappa shape index (κ3) is 6.99. The van der Waals surface area contributed by atoms with E-state index in [0.29, 0.717) is 43.9 Å². The fourth-order valence-corrected chi connectivity index (χ4v) is 5.48. The van der Waals surface area contributed by atoms with Gasteiger partial charge in [0, 0.05) is 57.7 Å². The summed E-state index contributed by atoms with van der Waals surface area (Å²) in [5.41, 5.74) is -1.68. The summed E-state index contributed by atoms with van der Waals surface area (Å²) in [7, 11) is 0. The standard InChI is InChI=1S/C31H31F6N5O3/c1-18-15-42(16-21-12-22(30(32,33)34)14-23(13-21)31(35,36)37)28(44)25-26(24-7-5-4-6-19(24)2)38-29(39-27(25)45-17-18)41-10-8-40(9-11-41)20(3)43/h4-7,12-14,18H,8-11,15-17H2,1-3H3/t18-/m0/s1. The Hall–Kier alpha value is -4.36. The van der Waals surface area contributed by atoms with Gasteiger partial charge in [-0.3, -0.25) is 9.59 Å². The van der Waals surface area contributed by atoms with Gasteiger partial charge in [-0.25, -0.2) is 4.98 Å². The third-order valence-electron chi connectivity index (χ3n) is 7.83. The van der Waals surface area contributed by atoms with E-state index in [1.54, 1.807) is 24.0 Å². The van der Waals surface area contributed by atoms with E-state index < -0.39 is 35.9 Å². The van der Waals surface area contributed by atoms with Crippen LogP contribution in [0, 0.1) is 12.8 Å². The molecular weight excluding hydrogens is 604 g/mol. The van der Waals surface area contributed by atoms with Crippen LogP contribution in [0.2, 0.25) is 0 Å². The van der Waals surface area contributed by atoms with Crippen LogP contribution in [-0.2, 0) is 23.7 Å². The lowest BCUT2D eigenvalue weighted by atomic mass is 9.99. The molecule has 0 aliphatic carbocycles. The number of hydrogen-bond acceptors (Lipinski definition) is 6. The van der Waals surface area contributed by atoms with E-state index in [9.17, 15) is 35.9 Å². The Labute approximate surface area is 255 Å².